The van der Waals surface area contributed by atoms with Crippen LogP contribution in [0.15, 0.2) is 6.20 Å². The highest BCUT2D eigenvalue weighted by Crippen LogP contribution is 2.14. The lowest BCUT2D eigenvalue weighted by Gasteiger charge is -2.01. The number of halogens is 1. The summed E-state index contributed by atoms with van der Waals surface area (Å²) < 4.78 is 0. The van der Waals surface area contributed by atoms with Crippen LogP contribution < -0.4 is 11.5 Å². The van der Waals surface area contributed by atoms with Gasteiger partial charge in [-0.3, -0.25) is 0 Å². The maximum absolute atomic E-state index is 8.83. The minimum atomic E-state index is -0.202. The lowest BCUT2D eigenvalue weighted by molar-refractivity contribution is 0.277. The van der Waals surface area contributed by atoms with Crippen LogP contribution in [0.1, 0.15) is 5.69 Å². The molecule has 0 saturated carbocycles. The molecule has 0 saturated heterocycles. The molecule has 0 aromatic carbocycles. The second-order valence-electron chi connectivity index (χ2n) is 2.66. The summed E-state index contributed by atoms with van der Waals surface area (Å²) in [6, 6.07) is 0. The Morgan fingerprint density at radius 3 is 2.50 bits per heavy atom. The van der Waals surface area contributed by atoms with Gasteiger partial charge in [0.05, 0.1) is 18.5 Å². The Balaban J connectivity index is 0.00000112. The van der Waals surface area contributed by atoms with Crippen molar-refractivity contribution in [1.29, 1.82) is 0 Å². The zero-order valence-corrected chi connectivity index (χ0v) is 8.90. The van der Waals surface area contributed by atoms with Crippen LogP contribution in [0.4, 0.5) is 11.8 Å². The second kappa shape index (κ2) is 5.35. The van der Waals surface area contributed by atoms with Gasteiger partial charge in [-0.25, -0.2) is 9.97 Å². The van der Waals surface area contributed by atoms with Gasteiger partial charge in [-0.1, -0.05) is 0 Å². The van der Waals surface area contributed by atoms with Gasteiger partial charge in [0.1, 0.15) is 0 Å². The lowest BCUT2D eigenvalue weighted by Crippen LogP contribution is -2.04. The van der Waals surface area contributed by atoms with E-state index >= 15 is 0 Å². The van der Waals surface area contributed by atoms with Crippen LogP contribution in [0.5, 0.6) is 0 Å². The van der Waals surface area contributed by atoms with Crippen LogP contribution >= 0.6 is 12.4 Å². The molecule has 2 aromatic rings. The molecule has 7 N–H and O–H groups in total. The molecule has 0 unspecified atom stereocenters. The summed E-state index contributed by atoms with van der Waals surface area (Å²) in [6.45, 7) is -0.202. The summed E-state index contributed by atoms with van der Waals surface area (Å²) in [6.07, 6.45) is 1.41. The van der Waals surface area contributed by atoms with Crippen molar-refractivity contribution >= 4 is 35.3 Å². The SMILES string of the molecule is Cl.Nc1nc(N)c2nc(CO)cnc2n1.O. The number of hydrogen-bond acceptors (Lipinski definition) is 7. The van der Waals surface area contributed by atoms with E-state index in [0.717, 1.165) is 0 Å². The third-order valence-electron chi connectivity index (χ3n) is 1.66. The summed E-state index contributed by atoms with van der Waals surface area (Å²) in [5, 5.41) is 8.83. The Morgan fingerprint density at radius 2 is 1.88 bits per heavy atom. The highest BCUT2D eigenvalue weighted by atomic mass is 35.5. The molecule has 88 valence electrons. The van der Waals surface area contributed by atoms with Crippen LogP contribution in [0.2, 0.25) is 0 Å². The van der Waals surface area contributed by atoms with Gasteiger partial charge < -0.3 is 22.1 Å². The number of anilines is 2. The van der Waals surface area contributed by atoms with Gasteiger partial charge in [0, 0.05) is 0 Å². The van der Waals surface area contributed by atoms with Crippen LogP contribution in [0, 0.1) is 0 Å². The summed E-state index contributed by atoms with van der Waals surface area (Å²) in [7, 11) is 0. The average Bonchev–Trinajstić information content (AvgIpc) is 2.17. The van der Waals surface area contributed by atoms with Crippen molar-refractivity contribution in [2.24, 2.45) is 0 Å². The fourth-order valence-corrected chi connectivity index (χ4v) is 1.06. The normalized spacial score (nSPS) is 9.31. The molecule has 0 aliphatic rings. The first-order chi connectivity index (χ1) is 6.70. The quantitative estimate of drug-likeness (QED) is 0.563. The molecule has 2 aromatic heterocycles. The van der Waals surface area contributed by atoms with Gasteiger partial charge in [0.25, 0.3) is 0 Å². The monoisotopic (exact) mass is 246 g/mol. The summed E-state index contributed by atoms with van der Waals surface area (Å²) in [5.41, 5.74) is 12.0. The van der Waals surface area contributed by atoms with Gasteiger partial charge in [-0.2, -0.15) is 9.97 Å². The predicted molar refractivity (Wildman–Crippen MR) is 60.7 cm³/mol. The van der Waals surface area contributed by atoms with Crippen molar-refractivity contribution in [2.75, 3.05) is 11.5 Å². The first-order valence-corrected chi connectivity index (χ1v) is 3.86. The minimum Gasteiger partial charge on any atom is -0.412 e. The van der Waals surface area contributed by atoms with Gasteiger partial charge in [0.15, 0.2) is 17.0 Å². The second-order valence-corrected chi connectivity index (χ2v) is 2.66. The van der Waals surface area contributed by atoms with E-state index in [0.29, 0.717) is 16.9 Å². The third kappa shape index (κ3) is 2.42. The molecule has 0 fully saturated rings. The molecule has 2 rings (SSSR count). The number of aliphatic hydroxyl groups excluding tert-OH is 1. The fraction of sp³-hybridized carbons (Fsp3) is 0.143. The molecule has 0 radical (unpaired) electrons. The standard InChI is InChI=1S/C7H8N6O.ClH.H2O/c8-5-4-6(13-7(9)12-5)10-1-3(2-14)11-4;;/h1,14H,2H2,(H4,8,9,10,12,13);1H;1H2. The Hall–Kier alpha value is -1.77. The van der Waals surface area contributed by atoms with Crippen LogP contribution in [-0.4, -0.2) is 30.5 Å². The lowest BCUT2D eigenvalue weighted by atomic mass is 10.4. The van der Waals surface area contributed by atoms with Gasteiger partial charge in [-0.15, -0.1) is 12.4 Å². The van der Waals surface area contributed by atoms with Crippen LogP contribution in [0.3, 0.4) is 0 Å². The fourth-order valence-electron chi connectivity index (χ4n) is 1.06. The molecule has 0 spiro atoms. The van der Waals surface area contributed by atoms with E-state index in [9.17, 15) is 0 Å². The van der Waals surface area contributed by atoms with E-state index in [1.54, 1.807) is 0 Å². The van der Waals surface area contributed by atoms with E-state index in [1.807, 2.05) is 0 Å². The number of nitrogens with zero attached hydrogens (tertiary/aromatic N) is 4. The van der Waals surface area contributed by atoms with E-state index in [2.05, 4.69) is 19.9 Å². The van der Waals surface area contributed by atoms with E-state index in [1.165, 1.54) is 6.20 Å². The first-order valence-electron chi connectivity index (χ1n) is 3.86. The zero-order valence-electron chi connectivity index (χ0n) is 8.08. The molecular formula is C7H11ClN6O2. The van der Waals surface area contributed by atoms with Crippen molar-refractivity contribution < 1.29 is 10.6 Å². The number of nitrogen functional groups attached to an aromatic ring is 2. The highest BCUT2D eigenvalue weighted by molar-refractivity contribution is 5.85. The number of rotatable bonds is 1. The Bertz CT molecular complexity index is 494. The molecular weight excluding hydrogens is 236 g/mol. The molecule has 0 atom stereocenters. The zero-order chi connectivity index (χ0) is 10.1. The average molecular weight is 247 g/mol. The van der Waals surface area contributed by atoms with Crippen LogP contribution in [0.25, 0.3) is 11.2 Å². The van der Waals surface area contributed by atoms with Gasteiger partial charge >= 0.3 is 0 Å². The third-order valence-corrected chi connectivity index (χ3v) is 1.66. The largest absolute Gasteiger partial charge is 0.412 e. The molecule has 0 amide bonds. The highest BCUT2D eigenvalue weighted by Gasteiger charge is 2.06. The van der Waals surface area contributed by atoms with Gasteiger partial charge in [0.2, 0.25) is 5.95 Å². The first kappa shape index (κ1) is 14.2. The Kier molecular flexibility index (Phi) is 4.76. The van der Waals surface area contributed by atoms with Crippen molar-refractivity contribution in [3.8, 4) is 0 Å². The number of fused-ring (bicyclic) bond motifs is 1. The Labute approximate surface area is 96.5 Å². The summed E-state index contributed by atoms with van der Waals surface area (Å²) in [4.78, 5) is 15.5. The molecule has 9 heteroatoms. The molecule has 16 heavy (non-hydrogen) atoms. The number of nitrogens with two attached hydrogens (primary N) is 2. The van der Waals surface area contributed by atoms with Crippen LogP contribution in [-0.2, 0) is 6.61 Å². The molecule has 0 bridgehead atoms. The minimum absolute atomic E-state index is 0. The number of aromatic nitrogens is 4. The topological polar surface area (TPSA) is 155 Å². The molecule has 2 heterocycles. The molecule has 8 nitrogen and oxygen atoms in total. The molecule has 0 aliphatic heterocycles. The van der Waals surface area contributed by atoms with E-state index in [-0.39, 0.29) is 36.3 Å². The van der Waals surface area contributed by atoms with Gasteiger partial charge in [-0.05, 0) is 0 Å². The number of hydrogen-bond donors (Lipinski definition) is 3. The summed E-state index contributed by atoms with van der Waals surface area (Å²) >= 11 is 0. The van der Waals surface area contributed by atoms with Crippen molar-refractivity contribution in [2.45, 2.75) is 6.61 Å². The predicted octanol–water partition coefficient (Wildman–Crippen LogP) is -1.33. The van der Waals surface area contributed by atoms with E-state index in [4.69, 9.17) is 16.6 Å². The molecule has 0 aliphatic carbocycles. The smallest absolute Gasteiger partial charge is 0.224 e. The summed E-state index contributed by atoms with van der Waals surface area (Å²) in [5.74, 6) is 0.219. The van der Waals surface area contributed by atoms with E-state index < -0.39 is 0 Å². The van der Waals surface area contributed by atoms with Crippen molar-refractivity contribution in [3.05, 3.63) is 11.9 Å². The number of aliphatic hydroxyl groups is 1. The maximum atomic E-state index is 8.83. The van der Waals surface area contributed by atoms with Crippen molar-refractivity contribution in [1.82, 2.24) is 19.9 Å². The van der Waals surface area contributed by atoms with Crippen molar-refractivity contribution in [3.63, 3.8) is 0 Å². The maximum Gasteiger partial charge on any atom is 0.224 e. The Morgan fingerprint density at radius 1 is 1.19 bits per heavy atom.